The van der Waals surface area contributed by atoms with Crippen LogP contribution in [0.15, 0.2) is 6.20 Å². The number of carbonyl (C=O) groups is 1. The van der Waals surface area contributed by atoms with Gasteiger partial charge in [-0.2, -0.15) is 0 Å². The molecule has 1 amide bonds. The summed E-state index contributed by atoms with van der Waals surface area (Å²) in [5.41, 5.74) is 0.758. The van der Waals surface area contributed by atoms with Gasteiger partial charge in [-0.15, -0.1) is 5.10 Å². The minimum absolute atomic E-state index is 0.0341. The number of aromatic nitrogens is 3. The van der Waals surface area contributed by atoms with Gasteiger partial charge in [-0.1, -0.05) is 5.21 Å². The molecule has 6 nitrogen and oxygen atoms in total. The standard InChI is InChI=1S/C11H21N5O/c1-8(10(17)12-5)13-6-9-7-16(15-14-9)11(2,3)4/h7-8,13H,6H2,1-5H3,(H,12,17). The average molecular weight is 239 g/mol. The molecule has 0 aliphatic carbocycles. The predicted octanol–water partition coefficient (Wildman–Crippen LogP) is 0.257. The summed E-state index contributed by atoms with van der Waals surface area (Å²) in [6.45, 7) is 8.53. The van der Waals surface area contributed by atoms with Crippen molar-refractivity contribution in [3.8, 4) is 0 Å². The lowest BCUT2D eigenvalue weighted by molar-refractivity contribution is -0.122. The lowest BCUT2D eigenvalue weighted by Gasteiger charge is -2.17. The number of nitrogens with one attached hydrogen (secondary N) is 2. The second-order valence-corrected chi connectivity index (χ2v) is 5.04. The summed E-state index contributed by atoms with van der Waals surface area (Å²) >= 11 is 0. The van der Waals surface area contributed by atoms with Crippen LogP contribution in [0.5, 0.6) is 0 Å². The largest absolute Gasteiger partial charge is 0.358 e. The summed E-state index contributed by atoms with van der Waals surface area (Å²) in [5.74, 6) is -0.0341. The van der Waals surface area contributed by atoms with Crippen LogP contribution in [0.2, 0.25) is 0 Å². The number of hydrogen-bond donors (Lipinski definition) is 2. The molecule has 0 saturated heterocycles. The topological polar surface area (TPSA) is 71.8 Å². The number of amides is 1. The molecular weight excluding hydrogens is 218 g/mol. The van der Waals surface area contributed by atoms with Crippen LogP contribution in [0.25, 0.3) is 0 Å². The van der Waals surface area contributed by atoms with E-state index >= 15 is 0 Å². The van der Waals surface area contributed by atoms with Crippen LogP contribution in [0.1, 0.15) is 33.4 Å². The van der Waals surface area contributed by atoms with Crippen molar-refractivity contribution in [2.24, 2.45) is 0 Å². The minimum Gasteiger partial charge on any atom is -0.358 e. The van der Waals surface area contributed by atoms with E-state index in [0.717, 1.165) is 5.69 Å². The molecule has 0 aromatic carbocycles. The van der Waals surface area contributed by atoms with Gasteiger partial charge in [0, 0.05) is 13.6 Å². The molecule has 1 aromatic rings. The van der Waals surface area contributed by atoms with Gasteiger partial charge < -0.3 is 10.6 Å². The normalized spacial score (nSPS) is 13.5. The van der Waals surface area contributed by atoms with Gasteiger partial charge in [0.2, 0.25) is 5.91 Å². The third-order valence-corrected chi connectivity index (χ3v) is 2.46. The summed E-state index contributed by atoms with van der Waals surface area (Å²) < 4.78 is 1.81. The second kappa shape index (κ2) is 5.27. The Kier molecular flexibility index (Phi) is 4.22. The molecule has 1 unspecified atom stereocenters. The average Bonchev–Trinajstić information content (AvgIpc) is 2.72. The Morgan fingerprint density at radius 1 is 1.53 bits per heavy atom. The second-order valence-electron chi connectivity index (χ2n) is 5.04. The zero-order valence-electron chi connectivity index (χ0n) is 11.1. The van der Waals surface area contributed by atoms with E-state index in [1.54, 1.807) is 7.05 Å². The number of carbonyl (C=O) groups excluding carboxylic acids is 1. The van der Waals surface area contributed by atoms with Crippen molar-refractivity contribution in [2.75, 3.05) is 7.05 Å². The first kappa shape index (κ1) is 13.6. The molecule has 0 bridgehead atoms. The van der Waals surface area contributed by atoms with Gasteiger partial charge in [0.15, 0.2) is 0 Å². The number of rotatable bonds is 4. The van der Waals surface area contributed by atoms with Crippen LogP contribution >= 0.6 is 0 Å². The van der Waals surface area contributed by atoms with Crippen molar-refractivity contribution in [1.82, 2.24) is 25.6 Å². The Morgan fingerprint density at radius 3 is 2.65 bits per heavy atom. The highest BCUT2D eigenvalue weighted by atomic mass is 16.2. The molecule has 0 fully saturated rings. The molecule has 17 heavy (non-hydrogen) atoms. The van der Waals surface area contributed by atoms with Crippen molar-refractivity contribution in [1.29, 1.82) is 0 Å². The molecular formula is C11H21N5O. The van der Waals surface area contributed by atoms with E-state index in [-0.39, 0.29) is 17.5 Å². The van der Waals surface area contributed by atoms with Crippen molar-refractivity contribution in [2.45, 2.75) is 45.8 Å². The van der Waals surface area contributed by atoms with Gasteiger partial charge in [-0.05, 0) is 27.7 Å². The zero-order valence-corrected chi connectivity index (χ0v) is 11.1. The maximum atomic E-state index is 11.3. The molecule has 0 aliphatic rings. The van der Waals surface area contributed by atoms with Gasteiger partial charge in [0.25, 0.3) is 0 Å². The Balaban J connectivity index is 2.53. The first-order chi connectivity index (χ1) is 7.84. The first-order valence-electron chi connectivity index (χ1n) is 5.71. The molecule has 1 aromatic heterocycles. The molecule has 6 heteroatoms. The van der Waals surface area contributed by atoms with Gasteiger partial charge in [0.1, 0.15) is 0 Å². The molecule has 2 N–H and O–H groups in total. The lowest BCUT2D eigenvalue weighted by atomic mass is 10.1. The first-order valence-corrected chi connectivity index (χ1v) is 5.71. The smallest absolute Gasteiger partial charge is 0.236 e. The zero-order chi connectivity index (χ0) is 13.1. The van der Waals surface area contributed by atoms with E-state index in [1.165, 1.54) is 0 Å². The third kappa shape index (κ3) is 3.81. The van der Waals surface area contributed by atoms with Crippen molar-refractivity contribution >= 4 is 5.91 Å². The Bertz CT molecular complexity index is 379. The fourth-order valence-electron chi connectivity index (χ4n) is 1.27. The highest BCUT2D eigenvalue weighted by molar-refractivity contribution is 5.80. The minimum atomic E-state index is -0.236. The Hall–Kier alpha value is -1.43. The summed E-state index contributed by atoms with van der Waals surface area (Å²) in [4.78, 5) is 11.3. The molecule has 96 valence electrons. The monoisotopic (exact) mass is 239 g/mol. The molecule has 0 radical (unpaired) electrons. The fourth-order valence-corrected chi connectivity index (χ4v) is 1.27. The van der Waals surface area contributed by atoms with E-state index in [1.807, 2.05) is 17.8 Å². The van der Waals surface area contributed by atoms with E-state index in [4.69, 9.17) is 0 Å². The fraction of sp³-hybridized carbons (Fsp3) is 0.727. The van der Waals surface area contributed by atoms with Gasteiger partial charge in [0.05, 0.1) is 23.5 Å². The lowest BCUT2D eigenvalue weighted by Crippen LogP contribution is -2.40. The van der Waals surface area contributed by atoms with Crippen LogP contribution in [0.3, 0.4) is 0 Å². The van der Waals surface area contributed by atoms with Crippen molar-refractivity contribution < 1.29 is 4.79 Å². The molecule has 0 saturated carbocycles. The summed E-state index contributed by atoms with van der Waals surface area (Å²) in [6, 6.07) is -0.236. The summed E-state index contributed by atoms with van der Waals surface area (Å²) in [7, 11) is 1.62. The van der Waals surface area contributed by atoms with E-state index in [9.17, 15) is 4.79 Å². The Labute approximate surface area is 102 Å². The van der Waals surface area contributed by atoms with E-state index in [2.05, 4.69) is 41.7 Å². The molecule has 1 rings (SSSR count). The highest BCUT2D eigenvalue weighted by Gasteiger charge is 2.16. The van der Waals surface area contributed by atoms with Crippen LogP contribution in [-0.4, -0.2) is 34.0 Å². The number of likely N-dealkylation sites (N-methyl/N-ethyl adjacent to an activating group) is 1. The van der Waals surface area contributed by atoms with Gasteiger partial charge in [-0.25, -0.2) is 4.68 Å². The predicted molar refractivity (Wildman–Crippen MR) is 65.4 cm³/mol. The summed E-state index contributed by atoms with van der Waals surface area (Å²) in [5, 5.41) is 13.8. The van der Waals surface area contributed by atoms with Gasteiger partial charge >= 0.3 is 0 Å². The maximum Gasteiger partial charge on any atom is 0.236 e. The van der Waals surface area contributed by atoms with Crippen LogP contribution in [-0.2, 0) is 16.9 Å². The van der Waals surface area contributed by atoms with Crippen LogP contribution < -0.4 is 10.6 Å². The maximum absolute atomic E-state index is 11.3. The van der Waals surface area contributed by atoms with Crippen molar-refractivity contribution in [3.63, 3.8) is 0 Å². The SMILES string of the molecule is CNC(=O)C(C)NCc1cn(C(C)(C)C)nn1. The summed E-state index contributed by atoms with van der Waals surface area (Å²) in [6.07, 6.45) is 1.89. The van der Waals surface area contributed by atoms with Crippen molar-refractivity contribution in [3.05, 3.63) is 11.9 Å². The molecule has 1 heterocycles. The van der Waals surface area contributed by atoms with Crippen LogP contribution in [0, 0.1) is 0 Å². The Morgan fingerprint density at radius 2 is 2.18 bits per heavy atom. The third-order valence-electron chi connectivity index (χ3n) is 2.46. The highest BCUT2D eigenvalue weighted by Crippen LogP contribution is 2.11. The van der Waals surface area contributed by atoms with E-state index < -0.39 is 0 Å². The molecule has 0 aliphatic heterocycles. The number of hydrogen-bond acceptors (Lipinski definition) is 4. The van der Waals surface area contributed by atoms with E-state index in [0.29, 0.717) is 6.54 Å². The quantitative estimate of drug-likeness (QED) is 0.790. The van der Waals surface area contributed by atoms with Crippen LogP contribution in [0.4, 0.5) is 0 Å². The van der Waals surface area contributed by atoms with Gasteiger partial charge in [-0.3, -0.25) is 4.79 Å². The molecule has 1 atom stereocenters. The molecule has 0 spiro atoms. The number of nitrogens with zero attached hydrogens (tertiary/aromatic N) is 3.